The number of nitrogen functional groups attached to an aromatic ring is 2. The highest BCUT2D eigenvalue weighted by atomic mass is 35.5. The van der Waals surface area contributed by atoms with Crippen molar-refractivity contribution >= 4 is 23.5 Å². The van der Waals surface area contributed by atoms with Crippen LogP contribution in [0.3, 0.4) is 0 Å². The summed E-state index contributed by atoms with van der Waals surface area (Å²) in [7, 11) is 1.96. The third-order valence-corrected chi connectivity index (χ3v) is 2.75. The monoisotopic (exact) mass is 278 g/mol. The number of halogens is 1. The van der Waals surface area contributed by atoms with Crippen molar-refractivity contribution in [3.63, 3.8) is 0 Å². The average molecular weight is 279 g/mol. The molecule has 100 valence electrons. The van der Waals surface area contributed by atoms with Crippen molar-refractivity contribution in [3.05, 3.63) is 40.7 Å². The van der Waals surface area contributed by atoms with E-state index in [1.54, 1.807) is 0 Å². The van der Waals surface area contributed by atoms with Crippen molar-refractivity contribution < 1.29 is 0 Å². The number of nitrogens with zero attached hydrogens (tertiary/aromatic N) is 4. The first-order chi connectivity index (χ1) is 9.02. The highest BCUT2D eigenvalue weighted by molar-refractivity contribution is 6.30. The lowest BCUT2D eigenvalue weighted by Crippen LogP contribution is -2.20. The molecule has 1 aromatic heterocycles. The molecule has 0 saturated carbocycles. The molecule has 0 atom stereocenters. The molecule has 1 heterocycles. The zero-order chi connectivity index (χ0) is 13.8. The van der Waals surface area contributed by atoms with Crippen LogP contribution in [0.15, 0.2) is 24.3 Å². The van der Waals surface area contributed by atoms with E-state index in [4.69, 9.17) is 23.1 Å². The zero-order valence-corrected chi connectivity index (χ0v) is 11.3. The lowest BCUT2D eigenvalue weighted by molar-refractivity contribution is 0.310. The molecule has 0 aliphatic carbocycles. The van der Waals surface area contributed by atoms with E-state index in [-0.39, 0.29) is 11.9 Å². The minimum atomic E-state index is 0.141. The molecule has 19 heavy (non-hydrogen) atoms. The minimum absolute atomic E-state index is 0.141. The fraction of sp³-hybridized carbons (Fsp3) is 0.250. The SMILES string of the molecule is CN(Cc1ccc(Cl)cc1)Cc1nc(N)nc(N)n1. The molecule has 0 amide bonds. The molecule has 6 nitrogen and oxygen atoms in total. The van der Waals surface area contributed by atoms with Crippen molar-refractivity contribution in [1.82, 2.24) is 19.9 Å². The van der Waals surface area contributed by atoms with Gasteiger partial charge < -0.3 is 11.5 Å². The van der Waals surface area contributed by atoms with E-state index in [9.17, 15) is 0 Å². The molecule has 0 aliphatic rings. The summed E-state index contributed by atoms with van der Waals surface area (Å²) < 4.78 is 0. The average Bonchev–Trinajstić information content (AvgIpc) is 2.30. The molecule has 2 aromatic rings. The van der Waals surface area contributed by atoms with E-state index in [2.05, 4.69) is 19.9 Å². The van der Waals surface area contributed by atoms with Gasteiger partial charge in [0, 0.05) is 11.6 Å². The minimum Gasteiger partial charge on any atom is -0.368 e. The maximum absolute atomic E-state index is 5.84. The molecular weight excluding hydrogens is 264 g/mol. The number of aromatic nitrogens is 3. The second kappa shape index (κ2) is 5.81. The standard InChI is InChI=1S/C12H15ClN6/c1-19(6-8-2-4-9(13)5-3-8)7-10-16-11(14)18-12(15)17-10/h2-5H,6-7H2,1H3,(H4,14,15,16,17,18). The predicted molar refractivity (Wildman–Crippen MR) is 75.3 cm³/mol. The van der Waals surface area contributed by atoms with Crippen LogP contribution in [-0.4, -0.2) is 26.9 Å². The van der Waals surface area contributed by atoms with Crippen LogP contribution < -0.4 is 11.5 Å². The van der Waals surface area contributed by atoms with E-state index < -0.39 is 0 Å². The van der Waals surface area contributed by atoms with Gasteiger partial charge in [-0.15, -0.1) is 0 Å². The van der Waals surface area contributed by atoms with Gasteiger partial charge in [-0.05, 0) is 24.7 Å². The van der Waals surface area contributed by atoms with Gasteiger partial charge >= 0.3 is 0 Å². The van der Waals surface area contributed by atoms with Crippen molar-refractivity contribution in [3.8, 4) is 0 Å². The third-order valence-electron chi connectivity index (χ3n) is 2.49. The molecular formula is C12H15ClN6. The van der Waals surface area contributed by atoms with Crippen LogP contribution in [0, 0.1) is 0 Å². The number of anilines is 2. The van der Waals surface area contributed by atoms with Crippen LogP contribution in [0.2, 0.25) is 5.02 Å². The molecule has 7 heteroatoms. The van der Waals surface area contributed by atoms with E-state index in [0.29, 0.717) is 12.4 Å². The first-order valence-electron chi connectivity index (χ1n) is 5.72. The van der Waals surface area contributed by atoms with Crippen LogP contribution in [0.1, 0.15) is 11.4 Å². The lowest BCUT2D eigenvalue weighted by Gasteiger charge is -2.15. The third kappa shape index (κ3) is 4.04. The smallest absolute Gasteiger partial charge is 0.225 e. The van der Waals surface area contributed by atoms with E-state index in [1.165, 1.54) is 0 Å². The number of nitrogens with two attached hydrogens (primary N) is 2. The summed E-state index contributed by atoms with van der Waals surface area (Å²) in [6.45, 7) is 1.29. The Balaban J connectivity index is 2.00. The highest BCUT2D eigenvalue weighted by Crippen LogP contribution is 2.12. The van der Waals surface area contributed by atoms with Crippen LogP contribution in [-0.2, 0) is 13.1 Å². The molecule has 4 N–H and O–H groups in total. The summed E-state index contributed by atoms with van der Waals surface area (Å²) in [5.41, 5.74) is 12.2. The topological polar surface area (TPSA) is 94.0 Å². The Hall–Kier alpha value is -1.92. The second-order valence-corrected chi connectivity index (χ2v) is 4.70. The van der Waals surface area contributed by atoms with Crippen LogP contribution in [0.4, 0.5) is 11.9 Å². The van der Waals surface area contributed by atoms with Crippen molar-refractivity contribution in [1.29, 1.82) is 0 Å². The van der Waals surface area contributed by atoms with Crippen LogP contribution >= 0.6 is 11.6 Å². The largest absolute Gasteiger partial charge is 0.368 e. The van der Waals surface area contributed by atoms with Gasteiger partial charge in [0.05, 0.1) is 6.54 Å². The Morgan fingerprint density at radius 3 is 2.16 bits per heavy atom. The van der Waals surface area contributed by atoms with Crippen molar-refractivity contribution in [2.75, 3.05) is 18.5 Å². The maximum atomic E-state index is 5.84. The summed E-state index contributed by atoms with van der Waals surface area (Å²) in [6.07, 6.45) is 0. The molecule has 0 radical (unpaired) electrons. The quantitative estimate of drug-likeness (QED) is 0.876. The Morgan fingerprint density at radius 1 is 1.00 bits per heavy atom. The summed E-state index contributed by atoms with van der Waals surface area (Å²) in [4.78, 5) is 13.9. The number of hydrogen-bond donors (Lipinski definition) is 2. The molecule has 0 spiro atoms. The van der Waals surface area contributed by atoms with E-state index in [1.807, 2.05) is 31.3 Å². The molecule has 1 aromatic carbocycles. The van der Waals surface area contributed by atoms with Gasteiger partial charge in [0.1, 0.15) is 5.82 Å². The molecule has 0 fully saturated rings. The summed E-state index contributed by atoms with van der Waals surface area (Å²) in [5, 5.41) is 0.726. The fourth-order valence-corrected chi connectivity index (χ4v) is 1.85. The van der Waals surface area contributed by atoms with Crippen molar-refractivity contribution in [2.24, 2.45) is 0 Å². The van der Waals surface area contributed by atoms with Crippen LogP contribution in [0.25, 0.3) is 0 Å². The second-order valence-electron chi connectivity index (χ2n) is 4.27. The highest BCUT2D eigenvalue weighted by Gasteiger charge is 2.06. The Bertz CT molecular complexity index is 536. The maximum Gasteiger partial charge on any atom is 0.225 e. The van der Waals surface area contributed by atoms with Gasteiger partial charge in [0.15, 0.2) is 0 Å². The number of benzene rings is 1. The summed E-state index contributed by atoms with van der Waals surface area (Å²) >= 11 is 5.84. The van der Waals surface area contributed by atoms with Gasteiger partial charge in [0.2, 0.25) is 11.9 Å². The summed E-state index contributed by atoms with van der Waals surface area (Å²) in [5.74, 6) is 0.839. The summed E-state index contributed by atoms with van der Waals surface area (Å²) in [6, 6.07) is 7.69. The number of rotatable bonds is 4. The Labute approximate surface area is 116 Å². The molecule has 0 saturated heterocycles. The van der Waals surface area contributed by atoms with Gasteiger partial charge in [-0.1, -0.05) is 23.7 Å². The Kier molecular flexibility index (Phi) is 4.13. The molecule has 0 aliphatic heterocycles. The number of hydrogen-bond acceptors (Lipinski definition) is 6. The van der Waals surface area contributed by atoms with E-state index >= 15 is 0 Å². The fourth-order valence-electron chi connectivity index (χ4n) is 1.73. The first-order valence-corrected chi connectivity index (χ1v) is 6.09. The van der Waals surface area contributed by atoms with Crippen molar-refractivity contribution in [2.45, 2.75) is 13.1 Å². The molecule has 2 rings (SSSR count). The predicted octanol–water partition coefficient (Wildman–Crippen LogP) is 1.32. The van der Waals surface area contributed by atoms with Gasteiger partial charge in [0.25, 0.3) is 0 Å². The van der Waals surface area contributed by atoms with E-state index in [0.717, 1.165) is 17.1 Å². The molecule has 0 unspecified atom stereocenters. The normalized spacial score (nSPS) is 10.9. The van der Waals surface area contributed by atoms with Gasteiger partial charge in [-0.3, -0.25) is 4.90 Å². The lowest BCUT2D eigenvalue weighted by atomic mass is 10.2. The van der Waals surface area contributed by atoms with Crippen LogP contribution in [0.5, 0.6) is 0 Å². The first kappa shape index (κ1) is 13.5. The Morgan fingerprint density at radius 2 is 1.58 bits per heavy atom. The zero-order valence-electron chi connectivity index (χ0n) is 10.5. The van der Waals surface area contributed by atoms with Gasteiger partial charge in [-0.2, -0.15) is 15.0 Å². The molecule has 0 bridgehead atoms. The van der Waals surface area contributed by atoms with Gasteiger partial charge in [-0.25, -0.2) is 0 Å².